The number of allylic oxidation sites excluding steroid dienone is 4. The van der Waals surface area contributed by atoms with Crippen LogP contribution in [0, 0.1) is 21.7 Å². The minimum Gasteiger partial charge on any atom is -0.145 e. The van der Waals surface area contributed by atoms with Crippen molar-refractivity contribution < 1.29 is 0 Å². The van der Waals surface area contributed by atoms with Gasteiger partial charge in [0.05, 0.1) is 0 Å². The third kappa shape index (κ3) is 8.52. The second-order valence-electron chi connectivity index (χ2n) is 7.38. The van der Waals surface area contributed by atoms with Crippen LogP contribution in [0.15, 0.2) is 41.8 Å². The van der Waals surface area contributed by atoms with Crippen molar-refractivity contribution in [2.45, 2.75) is 54.4 Å². The van der Waals surface area contributed by atoms with Gasteiger partial charge in [-0.2, -0.15) is 0 Å². The van der Waals surface area contributed by atoms with Gasteiger partial charge in [0.15, 0.2) is 0 Å². The monoisotopic (exact) mass is 263 g/mol. The molecule has 0 spiro atoms. The van der Waals surface area contributed by atoms with Crippen LogP contribution >= 0.6 is 0 Å². The summed E-state index contributed by atoms with van der Waals surface area (Å²) in [6, 6.07) is 0. The quantitative estimate of drug-likeness (QED) is 0.435. The zero-order valence-corrected chi connectivity index (χ0v) is 13.4. The zero-order valence-electron chi connectivity index (χ0n) is 13.4. The fraction of sp³-hybridized carbons (Fsp3) is 0.647. The fourth-order valence-corrected chi connectivity index (χ4v) is 2.07. The summed E-state index contributed by atoms with van der Waals surface area (Å²) in [5.74, 6) is 0.584. The molecular weight excluding hydrogens is 234 g/mol. The van der Waals surface area contributed by atoms with Gasteiger partial charge in [-0.05, 0) is 46.9 Å². The Bertz CT molecular complexity index is 350. The average molecular weight is 263 g/mol. The minimum atomic E-state index is 0.258. The van der Waals surface area contributed by atoms with Crippen LogP contribution in [0.25, 0.3) is 0 Å². The van der Waals surface area contributed by atoms with Crippen molar-refractivity contribution in [3.05, 3.63) is 41.5 Å². The molecule has 0 saturated carbocycles. The van der Waals surface area contributed by atoms with Crippen LogP contribution in [0.1, 0.15) is 54.4 Å². The van der Waals surface area contributed by atoms with Gasteiger partial charge in [-0.25, -0.2) is 0 Å². The number of nitroso groups, excluding NO2 is 1. The summed E-state index contributed by atoms with van der Waals surface area (Å²) in [5.41, 5.74) is 1.00. The van der Waals surface area contributed by atoms with Crippen molar-refractivity contribution in [3.63, 3.8) is 0 Å². The van der Waals surface area contributed by atoms with Gasteiger partial charge in [0.25, 0.3) is 0 Å². The van der Waals surface area contributed by atoms with E-state index in [-0.39, 0.29) is 5.41 Å². The van der Waals surface area contributed by atoms with Gasteiger partial charge in [-0.1, -0.05) is 60.3 Å². The van der Waals surface area contributed by atoms with E-state index in [4.69, 9.17) is 0 Å². The first kappa shape index (κ1) is 17.8. The van der Waals surface area contributed by atoms with Crippen molar-refractivity contribution in [2.24, 2.45) is 21.9 Å². The molecule has 0 heterocycles. The van der Waals surface area contributed by atoms with Gasteiger partial charge in [-0.3, -0.25) is 0 Å². The molecule has 0 aromatic rings. The van der Waals surface area contributed by atoms with E-state index >= 15 is 0 Å². The third-order valence-corrected chi connectivity index (χ3v) is 3.19. The topological polar surface area (TPSA) is 29.4 Å². The summed E-state index contributed by atoms with van der Waals surface area (Å²) < 4.78 is 0. The molecule has 2 nitrogen and oxygen atoms in total. The Morgan fingerprint density at radius 2 is 1.79 bits per heavy atom. The molecule has 19 heavy (non-hydrogen) atoms. The van der Waals surface area contributed by atoms with Crippen LogP contribution in [0.5, 0.6) is 0 Å². The van der Waals surface area contributed by atoms with Crippen LogP contribution in [-0.2, 0) is 0 Å². The van der Waals surface area contributed by atoms with Crippen LogP contribution in [0.2, 0.25) is 0 Å². The molecule has 0 aromatic heterocycles. The molecule has 0 bridgehead atoms. The zero-order chi connectivity index (χ0) is 15.1. The third-order valence-electron chi connectivity index (χ3n) is 3.19. The minimum absolute atomic E-state index is 0.258. The predicted octanol–water partition coefficient (Wildman–Crippen LogP) is 5.87. The molecule has 0 saturated heterocycles. The van der Waals surface area contributed by atoms with Gasteiger partial charge in [0.1, 0.15) is 5.70 Å². The van der Waals surface area contributed by atoms with E-state index in [1.54, 1.807) is 18.2 Å². The lowest BCUT2D eigenvalue weighted by molar-refractivity contribution is 0.167. The molecule has 1 atom stereocenters. The smallest absolute Gasteiger partial charge is 0.107 e. The molecule has 0 aliphatic carbocycles. The molecule has 0 amide bonds. The van der Waals surface area contributed by atoms with Gasteiger partial charge < -0.3 is 0 Å². The Balaban J connectivity index is 4.77. The summed E-state index contributed by atoms with van der Waals surface area (Å²) in [6.07, 6.45) is 9.17. The van der Waals surface area contributed by atoms with E-state index in [1.165, 1.54) is 0 Å². The molecule has 0 N–H and O–H groups in total. The Morgan fingerprint density at radius 3 is 2.16 bits per heavy atom. The Morgan fingerprint density at radius 1 is 1.21 bits per heavy atom. The lowest BCUT2D eigenvalue weighted by Gasteiger charge is -2.35. The van der Waals surface area contributed by atoms with Crippen molar-refractivity contribution in [2.75, 3.05) is 0 Å². The van der Waals surface area contributed by atoms with E-state index in [1.807, 2.05) is 0 Å². The molecule has 1 unspecified atom stereocenters. The molecule has 108 valence electrons. The maximum absolute atomic E-state index is 10.6. The summed E-state index contributed by atoms with van der Waals surface area (Å²) in [6.45, 7) is 17.2. The standard InChI is InChI=1S/C17H29NO/c1-8-10-15(18-19)12-9-11-14(17(5,6)7)13-16(2,3)4/h8-10,12,14H,1,11,13H2,2-7H3/b12-9-,15-10+. The highest BCUT2D eigenvalue weighted by Gasteiger charge is 2.27. The molecule has 0 aliphatic rings. The Hall–Kier alpha value is -1.18. The Labute approximate surface area is 118 Å². The molecule has 0 aliphatic heterocycles. The summed E-state index contributed by atoms with van der Waals surface area (Å²) in [4.78, 5) is 10.6. The van der Waals surface area contributed by atoms with E-state index in [2.05, 4.69) is 59.4 Å². The predicted molar refractivity (Wildman–Crippen MR) is 84.8 cm³/mol. The largest absolute Gasteiger partial charge is 0.145 e. The number of hydrogen-bond donors (Lipinski definition) is 0. The van der Waals surface area contributed by atoms with Crippen LogP contribution in [-0.4, -0.2) is 0 Å². The lowest BCUT2D eigenvalue weighted by Crippen LogP contribution is -2.25. The van der Waals surface area contributed by atoms with E-state index in [0.717, 1.165) is 12.8 Å². The summed E-state index contributed by atoms with van der Waals surface area (Å²) in [5, 5.41) is 2.96. The maximum Gasteiger partial charge on any atom is 0.107 e. The number of hydrogen-bond acceptors (Lipinski definition) is 2. The summed E-state index contributed by atoms with van der Waals surface area (Å²) >= 11 is 0. The van der Waals surface area contributed by atoms with Crippen LogP contribution < -0.4 is 0 Å². The second kappa shape index (κ2) is 7.42. The molecule has 0 aromatic carbocycles. The van der Waals surface area contributed by atoms with Crippen molar-refractivity contribution >= 4 is 0 Å². The average Bonchev–Trinajstić information content (AvgIpc) is 2.23. The van der Waals surface area contributed by atoms with E-state index in [9.17, 15) is 4.91 Å². The van der Waals surface area contributed by atoms with Gasteiger partial charge in [0, 0.05) is 0 Å². The number of nitrogens with zero attached hydrogens (tertiary/aromatic N) is 1. The van der Waals surface area contributed by atoms with Gasteiger partial charge >= 0.3 is 0 Å². The second-order valence-corrected chi connectivity index (χ2v) is 7.38. The van der Waals surface area contributed by atoms with Crippen LogP contribution in [0.4, 0.5) is 0 Å². The first-order valence-electron chi connectivity index (χ1n) is 6.93. The summed E-state index contributed by atoms with van der Waals surface area (Å²) in [7, 11) is 0. The highest BCUT2D eigenvalue weighted by atomic mass is 16.3. The Kier molecular flexibility index (Phi) is 6.96. The first-order chi connectivity index (χ1) is 8.60. The highest BCUT2D eigenvalue weighted by molar-refractivity contribution is 5.21. The first-order valence-corrected chi connectivity index (χ1v) is 6.93. The molecule has 0 fully saturated rings. The van der Waals surface area contributed by atoms with Crippen LogP contribution in [0.3, 0.4) is 0 Å². The normalized spacial score (nSPS) is 15.6. The van der Waals surface area contributed by atoms with E-state index in [0.29, 0.717) is 17.0 Å². The van der Waals surface area contributed by atoms with Gasteiger partial charge in [0.2, 0.25) is 0 Å². The number of rotatable bonds is 6. The van der Waals surface area contributed by atoms with Crippen molar-refractivity contribution in [1.29, 1.82) is 0 Å². The molecule has 0 radical (unpaired) electrons. The van der Waals surface area contributed by atoms with Gasteiger partial charge in [-0.15, -0.1) is 4.91 Å². The SMILES string of the molecule is C=C/C=C(\C=C/CC(CC(C)(C)C)C(C)(C)C)N=O. The fourth-order valence-electron chi connectivity index (χ4n) is 2.07. The van der Waals surface area contributed by atoms with Crippen molar-refractivity contribution in [1.82, 2.24) is 0 Å². The highest BCUT2D eigenvalue weighted by Crippen LogP contribution is 2.38. The maximum atomic E-state index is 10.6. The lowest BCUT2D eigenvalue weighted by atomic mass is 9.71. The molecular formula is C17H29NO. The van der Waals surface area contributed by atoms with Crippen molar-refractivity contribution in [3.8, 4) is 0 Å². The molecule has 0 rings (SSSR count). The van der Waals surface area contributed by atoms with E-state index < -0.39 is 0 Å². The molecule has 2 heteroatoms.